The van der Waals surface area contributed by atoms with Crippen molar-refractivity contribution in [3.05, 3.63) is 35.9 Å². The Labute approximate surface area is 123 Å². The van der Waals surface area contributed by atoms with Crippen LogP contribution in [-0.2, 0) is 9.59 Å². The van der Waals surface area contributed by atoms with Gasteiger partial charge in [-0.25, -0.2) is 0 Å². The SMILES string of the molecule is CC(NC(=O)c1ccccc1)C(=O)N1CCCNC(=O)C1. The molecule has 112 valence electrons. The van der Waals surface area contributed by atoms with Crippen LogP contribution in [0.1, 0.15) is 23.7 Å². The monoisotopic (exact) mass is 289 g/mol. The zero-order valence-corrected chi connectivity index (χ0v) is 12.0. The minimum atomic E-state index is -0.663. The highest BCUT2D eigenvalue weighted by atomic mass is 16.2. The van der Waals surface area contributed by atoms with E-state index in [1.807, 2.05) is 6.07 Å². The molecule has 0 aromatic heterocycles. The van der Waals surface area contributed by atoms with Crippen LogP contribution in [0.15, 0.2) is 30.3 Å². The molecule has 2 N–H and O–H groups in total. The van der Waals surface area contributed by atoms with Gasteiger partial charge in [-0.2, -0.15) is 0 Å². The highest BCUT2D eigenvalue weighted by Gasteiger charge is 2.25. The molecule has 0 spiro atoms. The third kappa shape index (κ3) is 4.05. The van der Waals surface area contributed by atoms with Gasteiger partial charge in [0.05, 0.1) is 6.54 Å². The molecule has 0 aliphatic carbocycles. The van der Waals surface area contributed by atoms with Crippen LogP contribution in [0.4, 0.5) is 0 Å². The summed E-state index contributed by atoms with van der Waals surface area (Å²) in [6.07, 6.45) is 0.719. The fourth-order valence-corrected chi connectivity index (χ4v) is 2.20. The van der Waals surface area contributed by atoms with Crippen LogP contribution in [0.5, 0.6) is 0 Å². The summed E-state index contributed by atoms with van der Waals surface area (Å²) in [4.78, 5) is 37.3. The lowest BCUT2D eigenvalue weighted by molar-refractivity contribution is -0.136. The Hall–Kier alpha value is -2.37. The summed E-state index contributed by atoms with van der Waals surface area (Å²) in [5.41, 5.74) is 0.505. The average molecular weight is 289 g/mol. The molecule has 1 atom stereocenters. The van der Waals surface area contributed by atoms with Crippen molar-refractivity contribution in [1.82, 2.24) is 15.5 Å². The highest BCUT2D eigenvalue weighted by molar-refractivity contribution is 5.97. The van der Waals surface area contributed by atoms with Gasteiger partial charge < -0.3 is 15.5 Å². The first-order valence-corrected chi connectivity index (χ1v) is 6.99. The van der Waals surface area contributed by atoms with Gasteiger partial charge in [-0.3, -0.25) is 14.4 Å². The molecule has 1 aromatic rings. The Kier molecular flexibility index (Phi) is 4.92. The Bertz CT molecular complexity index is 530. The molecule has 0 saturated carbocycles. The Balaban J connectivity index is 1.96. The van der Waals surface area contributed by atoms with Crippen molar-refractivity contribution in [2.75, 3.05) is 19.6 Å². The van der Waals surface area contributed by atoms with Gasteiger partial charge in [0.15, 0.2) is 0 Å². The van der Waals surface area contributed by atoms with E-state index < -0.39 is 6.04 Å². The molecule has 6 heteroatoms. The summed E-state index contributed by atoms with van der Waals surface area (Å²) < 4.78 is 0. The first-order valence-electron chi connectivity index (χ1n) is 6.99. The van der Waals surface area contributed by atoms with E-state index in [-0.39, 0.29) is 24.3 Å². The van der Waals surface area contributed by atoms with E-state index in [0.29, 0.717) is 18.7 Å². The number of hydrogen-bond acceptors (Lipinski definition) is 3. The summed E-state index contributed by atoms with van der Waals surface area (Å²) in [7, 11) is 0. The Morgan fingerprint density at radius 3 is 2.71 bits per heavy atom. The number of hydrogen-bond donors (Lipinski definition) is 2. The van der Waals surface area contributed by atoms with Gasteiger partial charge >= 0.3 is 0 Å². The number of nitrogens with zero attached hydrogens (tertiary/aromatic N) is 1. The van der Waals surface area contributed by atoms with Gasteiger partial charge in [0.1, 0.15) is 6.04 Å². The van der Waals surface area contributed by atoms with E-state index in [2.05, 4.69) is 10.6 Å². The number of nitrogens with one attached hydrogen (secondary N) is 2. The van der Waals surface area contributed by atoms with Crippen molar-refractivity contribution < 1.29 is 14.4 Å². The fourth-order valence-electron chi connectivity index (χ4n) is 2.20. The van der Waals surface area contributed by atoms with Gasteiger partial charge in [0.25, 0.3) is 5.91 Å². The predicted octanol–water partition coefficient (Wildman–Crippen LogP) is 0.153. The lowest BCUT2D eigenvalue weighted by Crippen LogP contribution is -2.48. The number of amides is 3. The van der Waals surface area contributed by atoms with E-state index in [1.54, 1.807) is 31.2 Å². The highest BCUT2D eigenvalue weighted by Crippen LogP contribution is 2.03. The summed E-state index contributed by atoms with van der Waals surface area (Å²) >= 11 is 0. The molecule has 1 saturated heterocycles. The molecule has 6 nitrogen and oxygen atoms in total. The summed E-state index contributed by atoms with van der Waals surface area (Å²) in [6, 6.07) is 8.06. The third-order valence-electron chi connectivity index (χ3n) is 3.33. The van der Waals surface area contributed by atoms with Crippen LogP contribution >= 0.6 is 0 Å². The van der Waals surface area contributed by atoms with Crippen molar-refractivity contribution in [2.45, 2.75) is 19.4 Å². The quantitative estimate of drug-likeness (QED) is 0.831. The van der Waals surface area contributed by atoms with Crippen molar-refractivity contribution in [3.8, 4) is 0 Å². The van der Waals surface area contributed by atoms with Crippen LogP contribution in [0, 0.1) is 0 Å². The molecular formula is C15H19N3O3. The molecule has 1 aromatic carbocycles. The molecule has 1 fully saturated rings. The molecule has 1 aliphatic heterocycles. The first-order chi connectivity index (χ1) is 10.1. The third-order valence-corrected chi connectivity index (χ3v) is 3.33. The van der Waals surface area contributed by atoms with E-state index >= 15 is 0 Å². The molecule has 21 heavy (non-hydrogen) atoms. The number of benzene rings is 1. The number of carbonyl (C=O) groups excluding carboxylic acids is 3. The number of rotatable bonds is 3. The Morgan fingerprint density at radius 1 is 1.29 bits per heavy atom. The van der Waals surface area contributed by atoms with Crippen molar-refractivity contribution in [2.24, 2.45) is 0 Å². The van der Waals surface area contributed by atoms with Crippen molar-refractivity contribution in [3.63, 3.8) is 0 Å². The lowest BCUT2D eigenvalue weighted by Gasteiger charge is -2.23. The van der Waals surface area contributed by atoms with Crippen LogP contribution in [0.2, 0.25) is 0 Å². The zero-order chi connectivity index (χ0) is 15.2. The molecule has 1 unspecified atom stereocenters. The second-order valence-electron chi connectivity index (χ2n) is 5.02. The first kappa shape index (κ1) is 15.0. The summed E-state index contributed by atoms with van der Waals surface area (Å²) in [5.74, 6) is -0.700. The largest absolute Gasteiger partial charge is 0.354 e. The lowest BCUT2D eigenvalue weighted by atomic mass is 10.2. The normalized spacial score (nSPS) is 16.6. The molecule has 0 bridgehead atoms. The standard InChI is InChI=1S/C15H19N3O3/c1-11(17-14(20)12-6-3-2-4-7-12)15(21)18-9-5-8-16-13(19)10-18/h2-4,6-7,11H,5,8-10H2,1H3,(H,16,19)(H,17,20). The number of carbonyl (C=O) groups is 3. The Morgan fingerprint density at radius 2 is 2.00 bits per heavy atom. The van der Waals surface area contributed by atoms with E-state index in [4.69, 9.17) is 0 Å². The molecule has 1 heterocycles. The van der Waals surface area contributed by atoms with E-state index in [1.165, 1.54) is 4.90 Å². The second-order valence-corrected chi connectivity index (χ2v) is 5.02. The van der Waals surface area contributed by atoms with Crippen molar-refractivity contribution in [1.29, 1.82) is 0 Å². The van der Waals surface area contributed by atoms with E-state index in [9.17, 15) is 14.4 Å². The molecule has 3 amide bonds. The minimum Gasteiger partial charge on any atom is -0.354 e. The average Bonchev–Trinajstić information content (AvgIpc) is 2.71. The fraction of sp³-hybridized carbons (Fsp3) is 0.400. The van der Waals surface area contributed by atoms with Crippen LogP contribution in [0.25, 0.3) is 0 Å². The maximum atomic E-state index is 12.3. The topological polar surface area (TPSA) is 78.5 Å². The molecule has 1 aliphatic rings. The smallest absolute Gasteiger partial charge is 0.251 e. The van der Waals surface area contributed by atoms with E-state index in [0.717, 1.165) is 6.42 Å². The zero-order valence-electron chi connectivity index (χ0n) is 12.0. The molecular weight excluding hydrogens is 270 g/mol. The predicted molar refractivity (Wildman–Crippen MR) is 77.6 cm³/mol. The van der Waals surface area contributed by atoms with Gasteiger partial charge in [0, 0.05) is 18.7 Å². The van der Waals surface area contributed by atoms with Gasteiger partial charge in [-0.1, -0.05) is 18.2 Å². The second kappa shape index (κ2) is 6.88. The van der Waals surface area contributed by atoms with Crippen LogP contribution in [-0.4, -0.2) is 48.3 Å². The minimum absolute atomic E-state index is 0.0460. The van der Waals surface area contributed by atoms with Crippen LogP contribution in [0.3, 0.4) is 0 Å². The van der Waals surface area contributed by atoms with Gasteiger partial charge in [-0.05, 0) is 25.5 Å². The summed E-state index contributed by atoms with van der Waals surface area (Å²) in [6.45, 7) is 2.77. The van der Waals surface area contributed by atoms with Crippen molar-refractivity contribution >= 4 is 17.7 Å². The molecule has 2 rings (SSSR count). The maximum absolute atomic E-state index is 12.3. The van der Waals surface area contributed by atoms with Gasteiger partial charge in [0.2, 0.25) is 11.8 Å². The van der Waals surface area contributed by atoms with Gasteiger partial charge in [-0.15, -0.1) is 0 Å². The maximum Gasteiger partial charge on any atom is 0.251 e. The molecule has 0 radical (unpaired) electrons. The summed E-state index contributed by atoms with van der Waals surface area (Å²) in [5, 5.41) is 5.38. The van der Waals surface area contributed by atoms with Crippen LogP contribution < -0.4 is 10.6 Å².